The average molecular weight is 325 g/mol. The predicted octanol–water partition coefficient (Wildman–Crippen LogP) is 3.99. The van der Waals surface area contributed by atoms with Gasteiger partial charge in [-0.1, -0.05) is 13.8 Å². The maximum atomic E-state index is 12.0. The van der Waals surface area contributed by atoms with Crippen LogP contribution in [0.4, 0.5) is 18.9 Å². The van der Waals surface area contributed by atoms with Gasteiger partial charge in [-0.05, 0) is 34.1 Å². The fraction of sp³-hybridized carbons (Fsp3) is 0.364. The fourth-order valence-corrected chi connectivity index (χ4v) is 1.49. The Labute approximate surface area is 111 Å². The Bertz CT molecular complexity index is 458. The van der Waals surface area contributed by atoms with E-state index in [1.54, 1.807) is 0 Å². The molecule has 0 heterocycles. The van der Waals surface area contributed by atoms with Crippen molar-refractivity contribution >= 4 is 27.5 Å². The van der Waals surface area contributed by atoms with E-state index in [-0.39, 0.29) is 16.1 Å². The molecule has 0 spiro atoms. The number of aliphatic imine (C=N–C) groups is 1. The van der Waals surface area contributed by atoms with Crippen LogP contribution in [0, 0.1) is 5.92 Å². The van der Waals surface area contributed by atoms with Crippen LogP contribution in [0.5, 0.6) is 5.75 Å². The van der Waals surface area contributed by atoms with Gasteiger partial charge in [-0.15, -0.1) is 13.2 Å². The first-order valence-corrected chi connectivity index (χ1v) is 5.87. The van der Waals surface area contributed by atoms with Crippen LogP contribution in [0.3, 0.4) is 0 Å². The van der Waals surface area contributed by atoms with Gasteiger partial charge in [-0.2, -0.15) is 0 Å². The topological polar surface area (TPSA) is 47.6 Å². The Morgan fingerprint density at radius 2 is 2.00 bits per heavy atom. The van der Waals surface area contributed by atoms with Gasteiger partial charge in [0.25, 0.3) is 0 Å². The lowest BCUT2D eigenvalue weighted by Crippen LogP contribution is -2.18. The number of alkyl halides is 3. The SMILES string of the molecule is CC(C)C(N)=Nc1ccc(OC(F)(F)F)c(Br)c1. The minimum atomic E-state index is -4.72. The normalized spacial score (nSPS) is 12.9. The molecule has 0 fully saturated rings. The zero-order chi connectivity index (χ0) is 13.9. The molecule has 0 unspecified atom stereocenters. The summed E-state index contributed by atoms with van der Waals surface area (Å²) in [6.07, 6.45) is -4.72. The van der Waals surface area contributed by atoms with Crippen LogP contribution in [-0.4, -0.2) is 12.2 Å². The van der Waals surface area contributed by atoms with Crippen molar-refractivity contribution in [2.45, 2.75) is 20.2 Å². The van der Waals surface area contributed by atoms with E-state index in [0.29, 0.717) is 11.5 Å². The second kappa shape index (κ2) is 5.60. The van der Waals surface area contributed by atoms with Crippen LogP contribution in [-0.2, 0) is 0 Å². The summed E-state index contributed by atoms with van der Waals surface area (Å²) >= 11 is 2.99. The Hall–Kier alpha value is -1.24. The quantitative estimate of drug-likeness (QED) is 0.675. The highest BCUT2D eigenvalue weighted by atomic mass is 79.9. The highest BCUT2D eigenvalue weighted by Crippen LogP contribution is 2.33. The Kier molecular flexibility index (Phi) is 4.61. The molecule has 1 aromatic carbocycles. The van der Waals surface area contributed by atoms with Gasteiger partial charge in [-0.3, -0.25) is 0 Å². The van der Waals surface area contributed by atoms with E-state index in [2.05, 4.69) is 25.7 Å². The third kappa shape index (κ3) is 4.56. The molecule has 0 aliphatic carbocycles. The lowest BCUT2D eigenvalue weighted by molar-refractivity contribution is -0.274. The number of amidine groups is 1. The third-order valence-corrected chi connectivity index (χ3v) is 2.61. The van der Waals surface area contributed by atoms with E-state index < -0.39 is 6.36 Å². The van der Waals surface area contributed by atoms with Crippen molar-refractivity contribution in [3.63, 3.8) is 0 Å². The molecule has 1 aromatic rings. The summed E-state index contributed by atoms with van der Waals surface area (Å²) in [4.78, 5) is 4.08. The summed E-state index contributed by atoms with van der Waals surface area (Å²) in [7, 11) is 0. The summed E-state index contributed by atoms with van der Waals surface area (Å²) < 4.78 is 40.1. The zero-order valence-corrected chi connectivity index (χ0v) is 11.3. The number of rotatable bonds is 3. The molecule has 7 heteroatoms. The van der Waals surface area contributed by atoms with Crippen molar-refractivity contribution in [2.24, 2.45) is 16.6 Å². The van der Waals surface area contributed by atoms with E-state index >= 15 is 0 Å². The predicted molar refractivity (Wildman–Crippen MR) is 66.9 cm³/mol. The van der Waals surface area contributed by atoms with Crippen LogP contribution >= 0.6 is 15.9 Å². The van der Waals surface area contributed by atoms with Gasteiger partial charge in [0, 0.05) is 5.92 Å². The monoisotopic (exact) mass is 324 g/mol. The largest absolute Gasteiger partial charge is 0.573 e. The number of benzene rings is 1. The second-order valence-electron chi connectivity index (χ2n) is 3.85. The highest BCUT2D eigenvalue weighted by Gasteiger charge is 2.31. The van der Waals surface area contributed by atoms with Crippen LogP contribution in [0.2, 0.25) is 0 Å². The molecule has 18 heavy (non-hydrogen) atoms. The van der Waals surface area contributed by atoms with E-state index in [1.807, 2.05) is 13.8 Å². The smallest absolute Gasteiger partial charge is 0.405 e. The van der Waals surface area contributed by atoms with E-state index in [9.17, 15) is 13.2 Å². The highest BCUT2D eigenvalue weighted by molar-refractivity contribution is 9.10. The van der Waals surface area contributed by atoms with Gasteiger partial charge in [-0.25, -0.2) is 4.99 Å². The summed E-state index contributed by atoms with van der Waals surface area (Å²) in [5.74, 6) is 0.158. The lowest BCUT2D eigenvalue weighted by atomic mass is 10.2. The van der Waals surface area contributed by atoms with Crippen molar-refractivity contribution in [3.8, 4) is 5.75 Å². The van der Waals surface area contributed by atoms with Crippen molar-refractivity contribution in [3.05, 3.63) is 22.7 Å². The number of hydrogen-bond acceptors (Lipinski definition) is 2. The molecule has 3 nitrogen and oxygen atoms in total. The maximum Gasteiger partial charge on any atom is 0.573 e. The van der Waals surface area contributed by atoms with Crippen molar-refractivity contribution in [1.29, 1.82) is 0 Å². The molecule has 0 aliphatic heterocycles. The molecule has 0 saturated heterocycles. The molecular weight excluding hydrogens is 313 g/mol. The molecule has 100 valence electrons. The minimum Gasteiger partial charge on any atom is -0.405 e. The summed E-state index contributed by atoms with van der Waals surface area (Å²) in [5.41, 5.74) is 6.12. The number of nitrogens with two attached hydrogens (primary N) is 1. The van der Waals surface area contributed by atoms with Gasteiger partial charge in [0.2, 0.25) is 0 Å². The van der Waals surface area contributed by atoms with E-state index in [4.69, 9.17) is 5.73 Å². The average Bonchev–Trinajstić information content (AvgIpc) is 2.20. The molecule has 0 bridgehead atoms. The van der Waals surface area contributed by atoms with Gasteiger partial charge in [0.1, 0.15) is 11.6 Å². The third-order valence-electron chi connectivity index (χ3n) is 1.99. The Morgan fingerprint density at radius 3 is 2.44 bits per heavy atom. The van der Waals surface area contributed by atoms with E-state index in [1.165, 1.54) is 18.2 Å². The molecule has 0 amide bonds. The van der Waals surface area contributed by atoms with Crippen molar-refractivity contribution in [1.82, 2.24) is 0 Å². The Balaban J connectivity index is 2.96. The van der Waals surface area contributed by atoms with Crippen LogP contribution in [0.15, 0.2) is 27.7 Å². The number of ether oxygens (including phenoxy) is 1. The summed E-state index contributed by atoms with van der Waals surface area (Å²) in [6, 6.07) is 4.00. The molecular formula is C11H12BrF3N2O. The van der Waals surface area contributed by atoms with Crippen LogP contribution < -0.4 is 10.5 Å². The van der Waals surface area contributed by atoms with Crippen LogP contribution in [0.1, 0.15) is 13.8 Å². The van der Waals surface area contributed by atoms with E-state index in [0.717, 1.165) is 0 Å². The van der Waals surface area contributed by atoms with Gasteiger partial charge < -0.3 is 10.5 Å². The standard InChI is InChI=1S/C11H12BrF3N2O/c1-6(2)10(16)17-7-3-4-9(8(12)5-7)18-11(13,14)15/h3-6H,1-2H3,(H2,16,17). The number of nitrogens with zero attached hydrogens (tertiary/aromatic N) is 1. The molecule has 0 aliphatic rings. The number of halogens is 4. The van der Waals surface area contributed by atoms with Gasteiger partial charge in [0.15, 0.2) is 0 Å². The molecule has 2 N–H and O–H groups in total. The van der Waals surface area contributed by atoms with Crippen molar-refractivity contribution < 1.29 is 17.9 Å². The van der Waals surface area contributed by atoms with Crippen LogP contribution in [0.25, 0.3) is 0 Å². The summed E-state index contributed by atoms with van der Waals surface area (Å²) in [6.45, 7) is 3.74. The zero-order valence-electron chi connectivity index (χ0n) is 9.75. The second-order valence-corrected chi connectivity index (χ2v) is 4.71. The maximum absolute atomic E-state index is 12.0. The van der Waals surface area contributed by atoms with Gasteiger partial charge in [0.05, 0.1) is 10.2 Å². The first kappa shape index (κ1) is 14.8. The molecule has 1 rings (SSSR count). The molecule has 0 atom stereocenters. The minimum absolute atomic E-state index is 0.0647. The number of hydrogen-bond donors (Lipinski definition) is 1. The molecule has 0 radical (unpaired) electrons. The first-order valence-electron chi connectivity index (χ1n) is 5.08. The fourth-order valence-electron chi connectivity index (χ4n) is 1.04. The summed E-state index contributed by atoms with van der Waals surface area (Å²) in [5, 5.41) is 0. The Morgan fingerprint density at radius 1 is 1.39 bits per heavy atom. The van der Waals surface area contributed by atoms with Gasteiger partial charge >= 0.3 is 6.36 Å². The molecule has 0 aromatic heterocycles. The van der Waals surface area contributed by atoms with Crippen molar-refractivity contribution in [2.75, 3.05) is 0 Å². The lowest BCUT2D eigenvalue weighted by Gasteiger charge is -2.11. The first-order chi connectivity index (χ1) is 8.19. The molecule has 0 saturated carbocycles.